The maximum Gasteiger partial charge on any atom is 0.315 e. The summed E-state index contributed by atoms with van der Waals surface area (Å²) in [5.41, 5.74) is 1.44. The van der Waals surface area contributed by atoms with E-state index in [0.717, 1.165) is 22.7 Å². The topological polar surface area (TPSA) is 165 Å². The lowest BCUT2D eigenvalue weighted by atomic mass is 10.1. The van der Waals surface area contributed by atoms with Gasteiger partial charge in [-0.3, -0.25) is 20.2 Å². The predicted octanol–water partition coefficient (Wildman–Crippen LogP) is 3.33. The van der Waals surface area contributed by atoms with Crippen LogP contribution in [0, 0.1) is 0 Å². The minimum atomic E-state index is -0.968. The van der Waals surface area contributed by atoms with Crippen LogP contribution in [0.5, 0.6) is 23.0 Å². The third-order valence-electron chi connectivity index (χ3n) is 4.17. The van der Waals surface area contributed by atoms with E-state index < -0.39 is 11.8 Å². The second-order valence-corrected chi connectivity index (χ2v) is 8.10. The first-order valence-corrected chi connectivity index (χ1v) is 10.6. The van der Waals surface area contributed by atoms with E-state index >= 15 is 0 Å². The Hall–Kier alpha value is -4.16. The zero-order chi connectivity index (χ0) is 22.8. The van der Waals surface area contributed by atoms with Crippen molar-refractivity contribution in [2.75, 3.05) is 10.6 Å². The highest BCUT2D eigenvalue weighted by molar-refractivity contribution is 7.14. The van der Waals surface area contributed by atoms with Crippen molar-refractivity contribution < 1.29 is 30.0 Å². The Kier molecular flexibility index (Phi) is 5.62. The number of anilines is 2. The van der Waals surface area contributed by atoms with E-state index in [2.05, 4.69) is 20.6 Å². The number of aromatic hydroxyl groups is 4. The van der Waals surface area contributed by atoms with Crippen molar-refractivity contribution in [1.29, 1.82) is 0 Å². The average molecular weight is 470 g/mol. The van der Waals surface area contributed by atoms with E-state index in [9.17, 15) is 30.0 Å². The van der Waals surface area contributed by atoms with Crippen molar-refractivity contribution in [1.82, 2.24) is 9.97 Å². The van der Waals surface area contributed by atoms with Crippen molar-refractivity contribution in [3.63, 3.8) is 0 Å². The molecule has 0 bridgehead atoms. The highest BCUT2D eigenvalue weighted by atomic mass is 32.1. The second kappa shape index (κ2) is 8.53. The van der Waals surface area contributed by atoms with Gasteiger partial charge in [0.15, 0.2) is 10.3 Å². The van der Waals surface area contributed by atoms with Crippen LogP contribution in [0.4, 0.5) is 10.3 Å². The molecule has 6 N–H and O–H groups in total. The Labute approximate surface area is 188 Å². The summed E-state index contributed by atoms with van der Waals surface area (Å²) in [7, 11) is 0. The third-order valence-corrected chi connectivity index (χ3v) is 5.69. The molecule has 162 valence electrons. The highest BCUT2D eigenvalue weighted by Crippen LogP contribution is 2.35. The van der Waals surface area contributed by atoms with Crippen molar-refractivity contribution >= 4 is 44.8 Å². The van der Waals surface area contributed by atoms with Crippen LogP contribution < -0.4 is 10.6 Å². The summed E-state index contributed by atoms with van der Waals surface area (Å²) in [5, 5.41) is 46.8. The number of hydrogen-bond acceptors (Lipinski definition) is 10. The fourth-order valence-corrected chi connectivity index (χ4v) is 4.10. The molecule has 0 aliphatic rings. The lowest BCUT2D eigenvalue weighted by Crippen LogP contribution is -2.28. The first-order chi connectivity index (χ1) is 15.3. The number of thiazole rings is 2. The molecule has 0 atom stereocenters. The molecule has 0 fully saturated rings. The van der Waals surface area contributed by atoms with Gasteiger partial charge in [-0.1, -0.05) is 0 Å². The van der Waals surface area contributed by atoms with E-state index in [1.54, 1.807) is 10.8 Å². The van der Waals surface area contributed by atoms with Gasteiger partial charge in [-0.15, -0.1) is 22.7 Å². The van der Waals surface area contributed by atoms with Crippen LogP contribution in [-0.4, -0.2) is 42.2 Å². The van der Waals surface area contributed by atoms with Crippen LogP contribution in [0.3, 0.4) is 0 Å². The molecule has 0 saturated heterocycles. The minimum absolute atomic E-state index is 0.0994. The number of aromatic nitrogens is 2. The Bertz CT molecular complexity index is 1230. The van der Waals surface area contributed by atoms with Crippen LogP contribution in [0.15, 0.2) is 47.2 Å². The van der Waals surface area contributed by atoms with Gasteiger partial charge in [0.1, 0.15) is 23.0 Å². The Morgan fingerprint density at radius 1 is 0.688 bits per heavy atom. The first kappa shape index (κ1) is 21.1. The smallest absolute Gasteiger partial charge is 0.315 e. The zero-order valence-electron chi connectivity index (χ0n) is 15.9. The molecule has 0 radical (unpaired) electrons. The average Bonchev–Trinajstić information content (AvgIpc) is 3.38. The molecule has 32 heavy (non-hydrogen) atoms. The quantitative estimate of drug-likeness (QED) is 0.247. The van der Waals surface area contributed by atoms with Gasteiger partial charge < -0.3 is 20.4 Å². The van der Waals surface area contributed by atoms with E-state index in [0.29, 0.717) is 22.5 Å². The standard InChI is InChI=1S/C20H14N4O6S2/c25-9-1-3-11(15(27)5-9)13-7-31-19(21-13)23-17(29)18(30)24-20-22-14(8-32-20)12-4-2-10(26)6-16(12)28/h1-8,25-28H,(H,21,23,29)(H,22,24,30). The summed E-state index contributed by atoms with van der Waals surface area (Å²) in [6.07, 6.45) is 0. The number of nitrogens with one attached hydrogen (secondary N) is 2. The summed E-state index contributed by atoms with van der Waals surface area (Å²) in [6.45, 7) is 0. The van der Waals surface area contributed by atoms with Crippen LogP contribution in [-0.2, 0) is 9.59 Å². The molecule has 0 saturated carbocycles. The Morgan fingerprint density at radius 3 is 1.47 bits per heavy atom. The lowest BCUT2D eigenvalue weighted by molar-refractivity contribution is -0.132. The lowest BCUT2D eigenvalue weighted by Gasteiger charge is -2.03. The van der Waals surface area contributed by atoms with Gasteiger partial charge in [0.2, 0.25) is 0 Å². The summed E-state index contributed by atoms with van der Waals surface area (Å²) < 4.78 is 0. The largest absolute Gasteiger partial charge is 0.508 e. The SMILES string of the molecule is O=C(Nc1nc(-c2ccc(O)cc2O)cs1)C(=O)Nc1nc(-c2ccc(O)cc2O)cs1. The van der Waals surface area contributed by atoms with Gasteiger partial charge in [0.25, 0.3) is 0 Å². The molecular weight excluding hydrogens is 456 g/mol. The second-order valence-electron chi connectivity index (χ2n) is 6.39. The molecule has 4 rings (SSSR count). The fraction of sp³-hybridized carbons (Fsp3) is 0. The van der Waals surface area contributed by atoms with Crippen molar-refractivity contribution in [2.24, 2.45) is 0 Å². The maximum atomic E-state index is 12.2. The van der Waals surface area contributed by atoms with Crippen molar-refractivity contribution in [3.8, 4) is 45.5 Å². The Balaban J connectivity index is 1.41. The van der Waals surface area contributed by atoms with Crippen molar-refractivity contribution in [3.05, 3.63) is 47.2 Å². The number of nitrogens with zero attached hydrogens (tertiary/aromatic N) is 2. The van der Waals surface area contributed by atoms with Gasteiger partial charge in [0, 0.05) is 34.0 Å². The van der Waals surface area contributed by atoms with Gasteiger partial charge in [-0.05, 0) is 24.3 Å². The molecule has 2 aromatic heterocycles. The minimum Gasteiger partial charge on any atom is -0.508 e. The zero-order valence-corrected chi connectivity index (χ0v) is 17.6. The molecule has 0 spiro atoms. The molecule has 10 nitrogen and oxygen atoms in total. The fourth-order valence-electron chi connectivity index (χ4n) is 2.69. The van der Waals surface area contributed by atoms with Gasteiger partial charge in [-0.2, -0.15) is 0 Å². The summed E-state index contributed by atoms with van der Waals surface area (Å²) in [4.78, 5) is 32.8. The molecule has 0 aliphatic heterocycles. The van der Waals surface area contributed by atoms with Gasteiger partial charge in [-0.25, -0.2) is 9.97 Å². The number of benzene rings is 2. The molecule has 0 unspecified atom stereocenters. The molecule has 2 heterocycles. The Morgan fingerprint density at radius 2 is 1.09 bits per heavy atom. The summed E-state index contributed by atoms with van der Waals surface area (Å²) in [6, 6.07) is 8.07. The van der Waals surface area contributed by atoms with E-state index in [1.807, 2.05) is 0 Å². The highest BCUT2D eigenvalue weighted by Gasteiger charge is 2.19. The summed E-state index contributed by atoms with van der Waals surface area (Å²) >= 11 is 2.11. The number of amides is 2. The van der Waals surface area contributed by atoms with Crippen LogP contribution in [0.2, 0.25) is 0 Å². The number of carbonyl (C=O) groups excluding carboxylic acids is 2. The molecule has 0 aliphatic carbocycles. The number of rotatable bonds is 4. The molecular formula is C20H14N4O6S2. The molecule has 12 heteroatoms. The van der Waals surface area contributed by atoms with Crippen molar-refractivity contribution in [2.45, 2.75) is 0 Å². The molecule has 4 aromatic rings. The molecule has 2 aromatic carbocycles. The number of carbonyl (C=O) groups is 2. The van der Waals surface area contributed by atoms with E-state index in [-0.39, 0.29) is 33.3 Å². The van der Waals surface area contributed by atoms with E-state index in [1.165, 1.54) is 36.4 Å². The van der Waals surface area contributed by atoms with Crippen LogP contribution in [0.25, 0.3) is 22.5 Å². The molecule has 2 amide bonds. The predicted molar refractivity (Wildman–Crippen MR) is 119 cm³/mol. The van der Waals surface area contributed by atoms with E-state index in [4.69, 9.17) is 0 Å². The van der Waals surface area contributed by atoms with Crippen LogP contribution >= 0.6 is 22.7 Å². The monoisotopic (exact) mass is 470 g/mol. The van der Waals surface area contributed by atoms with Crippen LogP contribution in [0.1, 0.15) is 0 Å². The van der Waals surface area contributed by atoms with Gasteiger partial charge in [0.05, 0.1) is 11.4 Å². The number of phenols is 4. The summed E-state index contributed by atoms with van der Waals surface area (Å²) in [5.74, 6) is -2.49. The van der Waals surface area contributed by atoms with Gasteiger partial charge >= 0.3 is 11.8 Å². The number of phenolic OH excluding ortho intramolecular Hbond substituents is 4. The maximum absolute atomic E-state index is 12.2. The third kappa shape index (κ3) is 4.45. The normalized spacial score (nSPS) is 10.6. The number of hydrogen-bond donors (Lipinski definition) is 6. The first-order valence-electron chi connectivity index (χ1n) is 8.88.